The lowest BCUT2D eigenvalue weighted by atomic mass is 10.2. The summed E-state index contributed by atoms with van der Waals surface area (Å²) >= 11 is 0. The number of nitrogens with one attached hydrogen (secondary N) is 2. The number of urea groups is 1. The molecule has 17 heavy (non-hydrogen) atoms. The molecule has 3 N–H and O–H groups in total. The van der Waals surface area contributed by atoms with Gasteiger partial charge in [-0.25, -0.2) is 4.79 Å². The average Bonchev–Trinajstić information content (AvgIpc) is 2.28. The molecule has 0 saturated heterocycles. The normalized spacial score (nSPS) is 10.7. The van der Waals surface area contributed by atoms with Crippen LogP contribution < -0.4 is 10.6 Å². The molecule has 0 bridgehead atoms. The predicted octanol–water partition coefficient (Wildman–Crippen LogP) is -0.0751. The van der Waals surface area contributed by atoms with Crippen molar-refractivity contribution in [1.29, 1.82) is 0 Å². The van der Waals surface area contributed by atoms with Crippen molar-refractivity contribution in [3.8, 4) is 0 Å². The summed E-state index contributed by atoms with van der Waals surface area (Å²) < 4.78 is 0. The predicted molar refractivity (Wildman–Crippen MR) is 65.6 cm³/mol. The van der Waals surface area contributed by atoms with E-state index in [0.717, 1.165) is 6.54 Å². The van der Waals surface area contributed by atoms with Gasteiger partial charge in [0.05, 0.1) is 0 Å². The first-order valence-electron chi connectivity index (χ1n) is 5.87. The summed E-state index contributed by atoms with van der Waals surface area (Å²) in [5, 5.41) is 13.3. The van der Waals surface area contributed by atoms with E-state index >= 15 is 0 Å². The Morgan fingerprint density at radius 1 is 1.29 bits per heavy atom. The molecule has 0 fully saturated rings. The maximum atomic E-state index is 11.4. The van der Waals surface area contributed by atoms with Crippen molar-refractivity contribution in [1.82, 2.24) is 15.5 Å². The zero-order chi connectivity index (χ0) is 13.3. The third-order valence-corrected chi connectivity index (χ3v) is 2.44. The van der Waals surface area contributed by atoms with Gasteiger partial charge in [0, 0.05) is 39.2 Å². The SMILES string of the molecule is CNC(=O)NC(=O)CCN(CCCO)C(C)C. The van der Waals surface area contributed by atoms with Crippen LogP contribution in [-0.4, -0.2) is 54.7 Å². The molecule has 0 radical (unpaired) electrons. The Hall–Kier alpha value is -1.14. The topological polar surface area (TPSA) is 81.7 Å². The Bertz CT molecular complexity index is 244. The number of imide groups is 1. The summed E-state index contributed by atoms with van der Waals surface area (Å²) in [6.45, 7) is 5.55. The zero-order valence-electron chi connectivity index (χ0n) is 10.8. The van der Waals surface area contributed by atoms with Crippen LogP contribution >= 0.6 is 0 Å². The molecule has 100 valence electrons. The number of rotatable bonds is 7. The highest BCUT2D eigenvalue weighted by molar-refractivity contribution is 5.94. The van der Waals surface area contributed by atoms with Crippen molar-refractivity contribution in [2.75, 3.05) is 26.7 Å². The van der Waals surface area contributed by atoms with Gasteiger partial charge in [-0.05, 0) is 20.3 Å². The van der Waals surface area contributed by atoms with E-state index in [0.29, 0.717) is 19.0 Å². The lowest BCUT2D eigenvalue weighted by Gasteiger charge is -2.25. The second-order valence-electron chi connectivity index (χ2n) is 4.08. The number of hydrogen-bond donors (Lipinski definition) is 3. The van der Waals surface area contributed by atoms with Crippen molar-refractivity contribution < 1.29 is 14.7 Å². The van der Waals surface area contributed by atoms with Gasteiger partial charge in [0.15, 0.2) is 0 Å². The summed E-state index contributed by atoms with van der Waals surface area (Å²) in [6, 6.07) is -0.171. The van der Waals surface area contributed by atoms with Crippen LogP contribution in [0.3, 0.4) is 0 Å². The van der Waals surface area contributed by atoms with E-state index in [1.807, 2.05) is 13.8 Å². The zero-order valence-corrected chi connectivity index (χ0v) is 10.8. The van der Waals surface area contributed by atoms with E-state index in [1.165, 1.54) is 7.05 Å². The van der Waals surface area contributed by atoms with E-state index in [1.54, 1.807) is 0 Å². The summed E-state index contributed by atoms with van der Waals surface area (Å²) in [5.74, 6) is -0.293. The summed E-state index contributed by atoms with van der Waals surface area (Å²) in [7, 11) is 1.46. The van der Waals surface area contributed by atoms with Crippen molar-refractivity contribution in [2.45, 2.75) is 32.7 Å². The molecule has 0 aromatic heterocycles. The van der Waals surface area contributed by atoms with Gasteiger partial charge in [-0.3, -0.25) is 10.1 Å². The van der Waals surface area contributed by atoms with Gasteiger partial charge in [-0.2, -0.15) is 0 Å². The molecule has 0 rings (SSSR count). The fraction of sp³-hybridized carbons (Fsp3) is 0.818. The average molecular weight is 245 g/mol. The van der Waals surface area contributed by atoms with Crippen molar-refractivity contribution in [3.63, 3.8) is 0 Å². The van der Waals surface area contributed by atoms with Crippen LogP contribution in [0.5, 0.6) is 0 Å². The Morgan fingerprint density at radius 3 is 2.41 bits per heavy atom. The summed E-state index contributed by atoms with van der Waals surface area (Å²) in [5.41, 5.74) is 0. The van der Waals surface area contributed by atoms with Crippen LogP contribution in [0.25, 0.3) is 0 Å². The van der Waals surface area contributed by atoms with E-state index in [9.17, 15) is 9.59 Å². The lowest BCUT2D eigenvalue weighted by Crippen LogP contribution is -2.40. The summed E-state index contributed by atoms with van der Waals surface area (Å²) in [4.78, 5) is 24.3. The van der Waals surface area contributed by atoms with Gasteiger partial charge >= 0.3 is 6.03 Å². The number of carbonyl (C=O) groups excluding carboxylic acids is 2. The van der Waals surface area contributed by atoms with Gasteiger partial charge < -0.3 is 15.3 Å². The number of amides is 3. The van der Waals surface area contributed by atoms with E-state index in [2.05, 4.69) is 15.5 Å². The number of hydrogen-bond acceptors (Lipinski definition) is 4. The molecule has 0 aromatic carbocycles. The van der Waals surface area contributed by atoms with Crippen molar-refractivity contribution in [2.24, 2.45) is 0 Å². The Morgan fingerprint density at radius 2 is 1.94 bits per heavy atom. The highest BCUT2D eigenvalue weighted by Crippen LogP contribution is 2.01. The standard InChI is InChI=1S/C11H23N3O3/c1-9(2)14(6-4-8-15)7-5-10(16)13-11(17)12-3/h9,15H,4-8H2,1-3H3,(H2,12,13,16,17). The van der Waals surface area contributed by atoms with Gasteiger partial charge in [0.1, 0.15) is 0 Å². The summed E-state index contributed by atoms with van der Waals surface area (Å²) in [6.07, 6.45) is 0.965. The second kappa shape index (κ2) is 8.95. The molecule has 6 nitrogen and oxygen atoms in total. The maximum Gasteiger partial charge on any atom is 0.321 e. The molecular formula is C11H23N3O3. The minimum Gasteiger partial charge on any atom is -0.396 e. The van der Waals surface area contributed by atoms with Gasteiger partial charge in [0.2, 0.25) is 5.91 Å². The maximum absolute atomic E-state index is 11.4. The van der Waals surface area contributed by atoms with E-state index in [4.69, 9.17) is 5.11 Å². The molecule has 0 aliphatic heterocycles. The number of nitrogens with zero attached hydrogens (tertiary/aromatic N) is 1. The smallest absolute Gasteiger partial charge is 0.321 e. The minimum atomic E-state index is -0.485. The first-order chi connectivity index (χ1) is 8.01. The Kier molecular flexibility index (Phi) is 8.35. The van der Waals surface area contributed by atoms with Crippen LogP contribution in [0.15, 0.2) is 0 Å². The van der Waals surface area contributed by atoms with Gasteiger partial charge in [-0.1, -0.05) is 0 Å². The lowest BCUT2D eigenvalue weighted by molar-refractivity contribution is -0.120. The molecule has 0 aliphatic carbocycles. The third kappa shape index (κ3) is 7.70. The van der Waals surface area contributed by atoms with Crippen molar-refractivity contribution in [3.05, 3.63) is 0 Å². The fourth-order valence-electron chi connectivity index (χ4n) is 1.40. The number of carbonyl (C=O) groups is 2. The first kappa shape index (κ1) is 15.9. The third-order valence-electron chi connectivity index (χ3n) is 2.44. The fourth-order valence-corrected chi connectivity index (χ4v) is 1.40. The Balaban J connectivity index is 3.95. The monoisotopic (exact) mass is 245 g/mol. The molecule has 0 unspecified atom stereocenters. The molecule has 0 heterocycles. The molecule has 3 amide bonds. The minimum absolute atomic E-state index is 0.146. The number of aliphatic hydroxyl groups excluding tert-OH is 1. The highest BCUT2D eigenvalue weighted by atomic mass is 16.3. The Labute approximate surface area is 102 Å². The van der Waals surface area contributed by atoms with Crippen LogP contribution in [0.4, 0.5) is 4.79 Å². The van der Waals surface area contributed by atoms with Crippen LogP contribution in [0.1, 0.15) is 26.7 Å². The number of aliphatic hydroxyl groups is 1. The molecule has 0 atom stereocenters. The van der Waals surface area contributed by atoms with Crippen molar-refractivity contribution >= 4 is 11.9 Å². The van der Waals surface area contributed by atoms with E-state index in [-0.39, 0.29) is 18.9 Å². The second-order valence-corrected chi connectivity index (χ2v) is 4.08. The molecule has 0 aliphatic rings. The van der Waals surface area contributed by atoms with Crippen LogP contribution in [0.2, 0.25) is 0 Å². The largest absolute Gasteiger partial charge is 0.396 e. The van der Waals surface area contributed by atoms with E-state index < -0.39 is 6.03 Å². The molecule has 0 aromatic rings. The first-order valence-corrected chi connectivity index (χ1v) is 5.87. The molecular weight excluding hydrogens is 222 g/mol. The van der Waals surface area contributed by atoms with Crippen LogP contribution in [0, 0.1) is 0 Å². The molecule has 0 spiro atoms. The van der Waals surface area contributed by atoms with Gasteiger partial charge in [-0.15, -0.1) is 0 Å². The quantitative estimate of drug-likeness (QED) is 0.586. The highest BCUT2D eigenvalue weighted by Gasteiger charge is 2.12. The van der Waals surface area contributed by atoms with Gasteiger partial charge in [0.25, 0.3) is 0 Å². The molecule has 0 saturated carbocycles. The molecule has 6 heteroatoms. The van der Waals surface area contributed by atoms with Crippen LogP contribution in [-0.2, 0) is 4.79 Å².